The molecular formula is C61H100O5. The summed E-state index contributed by atoms with van der Waals surface area (Å²) in [6, 6.07) is 0. The second-order valence-corrected chi connectivity index (χ2v) is 17.4. The minimum atomic E-state index is -0.611. The van der Waals surface area contributed by atoms with Crippen LogP contribution >= 0.6 is 0 Å². The Hall–Kier alpha value is -3.70. The molecule has 0 rings (SSSR count). The zero-order valence-electron chi connectivity index (χ0n) is 42.9. The van der Waals surface area contributed by atoms with Crippen LogP contribution in [0.3, 0.4) is 0 Å². The van der Waals surface area contributed by atoms with Gasteiger partial charge in [-0.05, 0) is 83.5 Å². The molecule has 1 unspecified atom stereocenters. The summed E-state index contributed by atoms with van der Waals surface area (Å²) in [5.74, 6) is -0.591. The van der Waals surface area contributed by atoms with E-state index in [1.165, 1.54) is 103 Å². The van der Waals surface area contributed by atoms with Crippen LogP contribution in [0.1, 0.15) is 226 Å². The summed E-state index contributed by atoms with van der Waals surface area (Å²) in [6.07, 6.45) is 78.2. The number of hydrogen-bond acceptors (Lipinski definition) is 5. The first-order chi connectivity index (χ1) is 32.6. The molecule has 0 radical (unpaired) electrons. The second kappa shape index (κ2) is 55.6. The van der Waals surface area contributed by atoms with Gasteiger partial charge >= 0.3 is 11.9 Å². The van der Waals surface area contributed by atoms with E-state index in [4.69, 9.17) is 14.2 Å². The molecule has 0 N–H and O–H groups in total. The molecule has 5 nitrogen and oxygen atoms in total. The van der Waals surface area contributed by atoms with Crippen molar-refractivity contribution in [1.29, 1.82) is 0 Å². The summed E-state index contributed by atoms with van der Waals surface area (Å²) < 4.78 is 17.3. The number of ether oxygens (including phenoxy) is 3. The molecular weight excluding hydrogens is 813 g/mol. The fourth-order valence-corrected chi connectivity index (χ4v) is 7.08. The Morgan fingerprint density at radius 1 is 0.348 bits per heavy atom. The lowest BCUT2D eigenvalue weighted by Crippen LogP contribution is -2.30. The van der Waals surface area contributed by atoms with E-state index in [-0.39, 0.29) is 38.0 Å². The van der Waals surface area contributed by atoms with Crippen molar-refractivity contribution in [2.24, 2.45) is 0 Å². The van der Waals surface area contributed by atoms with Crippen LogP contribution in [-0.2, 0) is 23.8 Å². The van der Waals surface area contributed by atoms with E-state index < -0.39 is 6.10 Å². The van der Waals surface area contributed by atoms with Gasteiger partial charge in [0.1, 0.15) is 6.61 Å². The Morgan fingerprint density at radius 3 is 1.00 bits per heavy atom. The predicted octanol–water partition coefficient (Wildman–Crippen LogP) is 18.6. The quantitative estimate of drug-likeness (QED) is 0.0346. The third kappa shape index (κ3) is 52.9. The molecule has 0 aliphatic rings. The molecule has 0 amide bonds. The van der Waals surface area contributed by atoms with E-state index in [0.717, 1.165) is 77.0 Å². The van der Waals surface area contributed by atoms with Gasteiger partial charge in [-0.25, -0.2) is 0 Å². The largest absolute Gasteiger partial charge is 0.462 e. The van der Waals surface area contributed by atoms with Crippen LogP contribution in [0.15, 0.2) is 122 Å². The molecule has 0 aliphatic carbocycles. The molecule has 66 heavy (non-hydrogen) atoms. The fourth-order valence-electron chi connectivity index (χ4n) is 7.08. The summed E-state index contributed by atoms with van der Waals surface area (Å²) in [6.45, 7) is 7.44. The molecule has 0 heterocycles. The lowest BCUT2D eigenvalue weighted by atomic mass is 10.0. The van der Waals surface area contributed by atoms with Crippen LogP contribution in [0.5, 0.6) is 0 Å². The third-order valence-electron chi connectivity index (χ3n) is 11.0. The first-order valence-corrected chi connectivity index (χ1v) is 27.1. The fraction of sp³-hybridized carbons (Fsp3) is 0.639. The normalized spacial score (nSPS) is 13.2. The van der Waals surface area contributed by atoms with Gasteiger partial charge in [-0.1, -0.05) is 251 Å². The van der Waals surface area contributed by atoms with Gasteiger partial charge < -0.3 is 14.2 Å². The highest BCUT2D eigenvalue weighted by Gasteiger charge is 2.17. The minimum Gasteiger partial charge on any atom is -0.462 e. The molecule has 0 fully saturated rings. The standard InChI is InChI=1S/C61H100O5/c1-4-7-10-13-16-19-22-25-27-29-31-32-34-37-39-42-45-48-51-54-60(62)65-58-59(66-61(63)55-52-49-46-43-40-36-24-21-18-15-12-9-6-3)57-64-56-53-50-47-44-41-38-35-33-30-28-26-23-20-17-14-11-8-5-2/h7,9-10,12,16,18-19,21,25,27,31-32,36-37,39-40,45-46,48-49,59H,4-6,8,11,13-15,17,20,22-24,26,28-30,33-35,38,41-44,47,50-58H2,1-3H3/b10-7-,12-9-,19-16-,21-18-,27-25-,32-31-,39-37-,40-36-,48-45-,49-46-. The lowest BCUT2D eigenvalue weighted by Gasteiger charge is -2.18. The molecule has 0 aromatic carbocycles. The number of carbonyl (C=O) groups excluding carboxylic acids is 2. The van der Waals surface area contributed by atoms with Gasteiger partial charge in [-0.15, -0.1) is 0 Å². The van der Waals surface area contributed by atoms with Crippen molar-refractivity contribution >= 4 is 11.9 Å². The van der Waals surface area contributed by atoms with Crippen molar-refractivity contribution in [2.75, 3.05) is 19.8 Å². The maximum atomic E-state index is 12.8. The van der Waals surface area contributed by atoms with Gasteiger partial charge in [0.25, 0.3) is 0 Å². The van der Waals surface area contributed by atoms with E-state index in [9.17, 15) is 9.59 Å². The molecule has 374 valence electrons. The highest BCUT2D eigenvalue weighted by molar-refractivity contribution is 5.70. The van der Waals surface area contributed by atoms with E-state index in [0.29, 0.717) is 19.4 Å². The first-order valence-electron chi connectivity index (χ1n) is 27.1. The first kappa shape index (κ1) is 62.3. The van der Waals surface area contributed by atoms with Crippen LogP contribution in [0, 0.1) is 0 Å². The topological polar surface area (TPSA) is 61.8 Å². The van der Waals surface area contributed by atoms with Gasteiger partial charge in [-0.3, -0.25) is 9.59 Å². The summed E-state index contributed by atoms with van der Waals surface area (Å²) in [5.41, 5.74) is 0. The smallest absolute Gasteiger partial charge is 0.306 e. The number of rotatable bonds is 48. The van der Waals surface area contributed by atoms with E-state index in [1.54, 1.807) is 0 Å². The van der Waals surface area contributed by atoms with Crippen molar-refractivity contribution in [3.05, 3.63) is 122 Å². The molecule has 0 bridgehead atoms. The zero-order chi connectivity index (χ0) is 47.7. The van der Waals surface area contributed by atoms with Gasteiger partial charge in [0, 0.05) is 19.4 Å². The van der Waals surface area contributed by atoms with Crippen molar-refractivity contribution in [3.63, 3.8) is 0 Å². The summed E-state index contributed by atoms with van der Waals surface area (Å²) in [7, 11) is 0. The Bertz CT molecular complexity index is 1350. The molecule has 1 atom stereocenters. The van der Waals surface area contributed by atoms with Crippen molar-refractivity contribution in [2.45, 2.75) is 232 Å². The van der Waals surface area contributed by atoms with Crippen LogP contribution in [0.4, 0.5) is 0 Å². The summed E-state index contributed by atoms with van der Waals surface area (Å²) in [5, 5.41) is 0. The average molecular weight is 913 g/mol. The Labute approximate surface area is 407 Å². The zero-order valence-corrected chi connectivity index (χ0v) is 42.9. The predicted molar refractivity (Wildman–Crippen MR) is 288 cm³/mol. The van der Waals surface area contributed by atoms with Gasteiger partial charge in [0.15, 0.2) is 6.10 Å². The van der Waals surface area contributed by atoms with Crippen LogP contribution < -0.4 is 0 Å². The highest BCUT2D eigenvalue weighted by Crippen LogP contribution is 2.15. The second-order valence-electron chi connectivity index (χ2n) is 17.4. The third-order valence-corrected chi connectivity index (χ3v) is 11.0. The average Bonchev–Trinajstić information content (AvgIpc) is 3.32. The summed E-state index contributed by atoms with van der Waals surface area (Å²) in [4.78, 5) is 25.4. The highest BCUT2D eigenvalue weighted by atomic mass is 16.6. The van der Waals surface area contributed by atoms with Gasteiger partial charge in [0.05, 0.1) is 6.61 Å². The molecule has 0 aliphatic heterocycles. The number of esters is 2. The van der Waals surface area contributed by atoms with Crippen LogP contribution in [0.25, 0.3) is 0 Å². The number of unbranched alkanes of at least 4 members (excludes halogenated alkanes) is 17. The Balaban J connectivity index is 4.44. The number of allylic oxidation sites excluding steroid dienone is 20. The van der Waals surface area contributed by atoms with Gasteiger partial charge in [-0.2, -0.15) is 0 Å². The van der Waals surface area contributed by atoms with Crippen molar-refractivity contribution in [3.8, 4) is 0 Å². The Kier molecular flexibility index (Phi) is 52.5. The molecule has 0 aromatic rings. The van der Waals surface area contributed by atoms with Crippen molar-refractivity contribution in [1.82, 2.24) is 0 Å². The lowest BCUT2D eigenvalue weighted by molar-refractivity contribution is -0.162. The van der Waals surface area contributed by atoms with E-state index in [1.807, 2.05) is 12.2 Å². The number of hydrogen-bond donors (Lipinski definition) is 0. The van der Waals surface area contributed by atoms with E-state index >= 15 is 0 Å². The molecule has 0 saturated heterocycles. The molecule has 5 heteroatoms. The van der Waals surface area contributed by atoms with Crippen LogP contribution in [0.2, 0.25) is 0 Å². The monoisotopic (exact) mass is 913 g/mol. The van der Waals surface area contributed by atoms with Gasteiger partial charge in [0.2, 0.25) is 0 Å². The molecule has 0 saturated carbocycles. The maximum Gasteiger partial charge on any atom is 0.306 e. The Morgan fingerprint density at radius 2 is 0.652 bits per heavy atom. The minimum absolute atomic E-state index is 0.0113. The number of carbonyl (C=O) groups is 2. The van der Waals surface area contributed by atoms with Crippen molar-refractivity contribution < 1.29 is 23.8 Å². The SMILES string of the molecule is CC/C=C\C/C=C\C/C=C\C/C=C\C/C=C\C/C=C\CCC(=O)OCC(COCCCCCCCCCCCCCCCCCCCC)OC(=O)CC/C=C\C/C=C\C/C=C\C/C=C\CC. The van der Waals surface area contributed by atoms with Crippen LogP contribution in [-0.4, -0.2) is 37.9 Å². The summed E-state index contributed by atoms with van der Waals surface area (Å²) >= 11 is 0. The molecule has 0 spiro atoms. The van der Waals surface area contributed by atoms with E-state index in [2.05, 4.69) is 130 Å². The molecule has 0 aromatic heterocycles. The maximum absolute atomic E-state index is 12.8.